The van der Waals surface area contributed by atoms with Crippen molar-refractivity contribution < 1.29 is 38.2 Å². The maximum atomic E-state index is 12.7. The van der Waals surface area contributed by atoms with Gasteiger partial charge in [0.05, 0.1) is 17.2 Å². The number of nitro benzene ring substituents is 1. The van der Waals surface area contributed by atoms with E-state index in [4.69, 9.17) is 23.7 Å². The summed E-state index contributed by atoms with van der Waals surface area (Å²) in [6.45, 7) is 13.1. The molecule has 1 N–H and O–H groups in total. The lowest BCUT2D eigenvalue weighted by Gasteiger charge is -2.30. The molecule has 5 atom stereocenters. The number of epoxide rings is 1. The Labute approximate surface area is 210 Å². The lowest BCUT2D eigenvalue weighted by atomic mass is 9.96. The van der Waals surface area contributed by atoms with Crippen molar-refractivity contribution in [3.05, 3.63) is 34.4 Å². The number of benzene rings is 1. The summed E-state index contributed by atoms with van der Waals surface area (Å²) in [4.78, 5) is 37.5. The van der Waals surface area contributed by atoms with E-state index in [0.29, 0.717) is 0 Å². The molecule has 0 spiro atoms. The molecule has 0 unspecified atom stereocenters. The Kier molecular flexibility index (Phi) is 8.42. The Morgan fingerprint density at radius 3 is 2.42 bits per heavy atom. The summed E-state index contributed by atoms with van der Waals surface area (Å²) in [6.07, 6.45) is -4.02. The van der Waals surface area contributed by atoms with Crippen molar-refractivity contribution in [2.24, 2.45) is 5.92 Å². The minimum atomic E-state index is -0.867. The average Bonchev–Trinajstić information content (AvgIpc) is 3.43. The van der Waals surface area contributed by atoms with Crippen LogP contribution in [0.3, 0.4) is 0 Å². The Morgan fingerprint density at radius 2 is 1.86 bits per heavy atom. The number of hydrogen-bond donors (Lipinski definition) is 1. The molecule has 0 saturated carbocycles. The number of nitrogens with one attached hydrogen (secondary N) is 1. The fraction of sp³-hybridized carbons (Fsp3) is 0.667. The molecule has 2 fully saturated rings. The summed E-state index contributed by atoms with van der Waals surface area (Å²) in [5.74, 6) is -1.29. The highest BCUT2D eigenvalue weighted by atomic mass is 16.8. The van der Waals surface area contributed by atoms with Crippen molar-refractivity contribution in [1.29, 1.82) is 0 Å². The zero-order chi connectivity index (χ0) is 26.8. The van der Waals surface area contributed by atoms with E-state index < -0.39 is 53.4 Å². The van der Waals surface area contributed by atoms with Gasteiger partial charge in [-0.1, -0.05) is 13.0 Å². The van der Waals surface area contributed by atoms with Crippen LogP contribution in [0.15, 0.2) is 24.3 Å². The number of carbonyl (C=O) groups excluding carboxylic acids is 2. The van der Waals surface area contributed by atoms with Crippen LogP contribution in [0.25, 0.3) is 0 Å². The molecule has 200 valence electrons. The van der Waals surface area contributed by atoms with E-state index in [1.807, 2.05) is 27.7 Å². The average molecular weight is 510 g/mol. The predicted molar refractivity (Wildman–Crippen MR) is 128 cm³/mol. The summed E-state index contributed by atoms with van der Waals surface area (Å²) in [5, 5.41) is 13.5. The van der Waals surface area contributed by atoms with Gasteiger partial charge in [0.2, 0.25) is 6.29 Å². The zero-order valence-corrected chi connectivity index (χ0v) is 21.6. The van der Waals surface area contributed by atoms with Crippen LogP contribution in [0, 0.1) is 16.0 Å². The van der Waals surface area contributed by atoms with Crippen molar-refractivity contribution in [1.82, 2.24) is 4.90 Å². The van der Waals surface area contributed by atoms with Gasteiger partial charge in [0, 0.05) is 30.1 Å². The molecule has 0 radical (unpaired) electrons. The normalized spacial score (nSPS) is 24.2. The van der Waals surface area contributed by atoms with E-state index in [0.717, 1.165) is 0 Å². The standard InChI is InChI=1S/C24H35N3O9/c1-13(2)26(14(3)4)23(29)35-21-20(33-21)15(5)19(18-12-32-24(6,7)36-18)34-22(28)25-16-9-8-10-17(11-16)27(30)31/h8-11,13-15,18-21H,12H2,1-7H3,(H,25,28)/t15-,18-,19+,20-,21+/m1/s1. The van der Waals surface area contributed by atoms with Gasteiger partial charge in [-0.15, -0.1) is 0 Å². The van der Waals surface area contributed by atoms with Gasteiger partial charge < -0.3 is 28.6 Å². The Bertz CT molecular complexity index is 960. The molecule has 3 rings (SSSR count). The van der Waals surface area contributed by atoms with Crippen LogP contribution in [0.2, 0.25) is 0 Å². The fourth-order valence-electron chi connectivity index (χ4n) is 4.31. The van der Waals surface area contributed by atoms with E-state index in [9.17, 15) is 19.7 Å². The molecule has 1 aromatic rings. The Hall–Kier alpha value is -2.96. The first-order valence-electron chi connectivity index (χ1n) is 12.0. The van der Waals surface area contributed by atoms with Crippen molar-refractivity contribution >= 4 is 23.6 Å². The van der Waals surface area contributed by atoms with Gasteiger partial charge in [0.1, 0.15) is 18.3 Å². The smallest absolute Gasteiger partial charge is 0.412 e. The topological polar surface area (TPSA) is 142 Å². The third kappa shape index (κ3) is 6.83. The van der Waals surface area contributed by atoms with Crippen molar-refractivity contribution in [3.8, 4) is 0 Å². The Morgan fingerprint density at radius 1 is 1.19 bits per heavy atom. The first-order valence-corrected chi connectivity index (χ1v) is 12.0. The van der Waals surface area contributed by atoms with Gasteiger partial charge in [-0.2, -0.15) is 0 Å². The summed E-state index contributed by atoms with van der Waals surface area (Å²) in [6, 6.07) is 5.42. The van der Waals surface area contributed by atoms with Crippen LogP contribution in [0.4, 0.5) is 21.0 Å². The van der Waals surface area contributed by atoms with E-state index in [2.05, 4.69) is 5.32 Å². The molecule has 12 heteroatoms. The predicted octanol–water partition coefficient (Wildman–Crippen LogP) is 4.28. The number of ether oxygens (including phenoxy) is 5. The van der Waals surface area contributed by atoms with Crippen LogP contribution >= 0.6 is 0 Å². The molecule has 2 aliphatic rings. The molecule has 2 heterocycles. The molecule has 0 aromatic heterocycles. The van der Waals surface area contributed by atoms with Crippen LogP contribution < -0.4 is 5.32 Å². The molecular formula is C24H35N3O9. The first kappa shape index (κ1) is 27.6. The molecule has 2 saturated heterocycles. The number of rotatable bonds is 9. The highest BCUT2D eigenvalue weighted by molar-refractivity contribution is 5.85. The molecular weight excluding hydrogens is 474 g/mol. The maximum Gasteiger partial charge on any atom is 0.412 e. The lowest BCUT2D eigenvalue weighted by Crippen LogP contribution is -2.44. The quantitative estimate of drug-likeness (QED) is 0.293. The number of anilines is 1. The summed E-state index contributed by atoms with van der Waals surface area (Å²) in [7, 11) is 0. The third-order valence-electron chi connectivity index (χ3n) is 6.00. The van der Waals surface area contributed by atoms with Crippen LogP contribution in [-0.4, -0.2) is 71.1 Å². The number of nitrogens with zero attached hydrogens (tertiary/aromatic N) is 2. The van der Waals surface area contributed by atoms with Crippen molar-refractivity contribution in [2.75, 3.05) is 11.9 Å². The highest BCUT2D eigenvalue weighted by Gasteiger charge is 2.54. The minimum absolute atomic E-state index is 0.0491. The van der Waals surface area contributed by atoms with Gasteiger partial charge in [-0.3, -0.25) is 15.4 Å². The van der Waals surface area contributed by atoms with E-state index in [1.165, 1.54) is 24.3 Å². The largest absolute Gasteiger partial charge is 0.443 e. The minimum Gasteiger partial charge on any atom is -0.443 e. The van der Waals surface area contributed by atoms with Gasteiger partial charge in [0.25, 0.3) is 5.69 Å². The number of hydrogen-bond acceptors (Lipinski definition) is 9. The van der Waals surface area contributed by atoms with Gasteiger partial charge >= 0.3 is 12.2 Å². The molecule has 2 aliphatic heterocycles. The number of non-ortho nitro benzene ring substituents is 1. The van der Waals surface area contributed by atoms with Crippen LogP contribution in [0.5, 0.6) is 0 Å². The molecule has 36 heavy (non-hydrogen) atoms. The second-order valence-corrected chi connectivity index (χ2v) is 9.98. The van der Waals surface area contributed by atoms with Crippen LogP contribution in [0.1, 0.15) is 48.5 Å². The third-order valence-corrected chi connectivity index (χ3v) is 6.00. The molecule has 1 aromatic carbocycles. The van der Waals surface area contributed by atoms with E-state index >= 15 is 0 Å². The highest BCUT2D eigenvalue weighted by Crippen LogP contribution is 2.38. The zero-order valence-electron chi connectivity index (χ0n) is 21.6. The summed E-state index contributed by atoms with van der Waals surface area (Å²) in [5.41, 5.74) is 0.0429. The Balaban J connectivity index is 1.68. The van der Waals surface area contributed by atoms with Crippen molar-refractivity contribution in [3.63, 3.8) is 0 Å². The summed E-state index contributed by atoms with van der Waals surface area (Å²) >= 11 is 0. The van der Waals surface area contributed by atoms with Gasteiger partial charge in [0.15, 0.2) is 5.79 Å². The van der Waals surface area contributed by atoms with Crippen molar-refractivity contribution in [2.45, 2.75) is 90.9 Å². The number of amides is 2. The maximum absolute atomic E-state index is 12.7. The molecule has 12 nitrogen and oxygen atoms in total. The second kappa shape index (κ2) is 11.0. The fourth-order valence-corrected chi connectivity index (χ4v) is 4.31. The molecule has 2 amide bonds. The second-order valence-electron chi connectivity index (χ2n) is 9.98. The molecule has 0 bridgehead atoms. The van der Waals surface area contributed by atoms with E-state index in [1.54, 1.807) is 25.7 Å². The molecule has 0 aliphatic carbocycles. The van der Waals surface area contributed by atoms with Gasteiger partial charge in [-0.05, 0) is 47.6 Å². The SMILES string of the molecule is CC(C)N(C(=O)O[C@@H]1O[C@@H]1[C@H](C)[C@H](OC(=O)Nc1cccc([N+](=O)[O-])c1)[C@H]1COC(C)(C)O1)C(C)C. The monoisotopic (exact) mass is 509 g/mol. The number of carbonyl (C=O) groups is 2. The lowest BCUT2D eigenvalue weighted by molar-refractivity contribution is -0.384. The first-order chi connectivity index (χ1) is 16.8. The van der Waals surface area contributed by atoms with Gasteiger partial charge in [-0.25, -0.2) is 9.59 Å². The summed E-state index contributed by atoms with van der Waals surface area (Å²) < 4.78 is 28.5. The number of nitro groups is 1. The van der Waals surface area contributed by atoms with Crippen LogP contribution in [-0.2, 0) is 23.7 Å². The van der Waals surface area contributed by atoms with E-state index in [-0.39, 0.29) is 30.1 Å².